The van der Waals surface area contributed by atoms with Crippen molar-refractivity contribution in [2.24, 2.45) is 0 Å². The van der Waals surface area contributed by atoms with E-state index in [1.165, 1.54) is 0 Å². The summed E-state index contributed by atoms with van der Waals surface area (Å²) in [6.07, 6.45) is 2.12. The Morgan fingerprint density at radius 3 is 2.60 bits per heavy atom. The zero-order chi connectivity index (χ0) is 17.6. The summed E-state index contributed by atoms with van der Waals surface area (Å²) in [5, 5.41) is 5.77. The number of carbonyl (C=O) groups is 2. The van der Waals surface area contributed by atoms with Gasteiger partial charge in [0.05, 0.1) is 6.10 Å². The van der Waals surface area contributed by atoms with Crippen LogP contribution in [-0.4, -0.2) is 31.1 Å². The third kappa shape index (κ3) is 4.45. The standard InChI is InChI=1S/C20H22N2O3/c1-14-9-10-16(19(23)21-13-17-8-5-11-25-17)12-18(14)22-20(24)15-6-3-2-4-7-15/h2-4,6-7,9-10,12,17H,5,8,11,13H2,1H3,(H,21,23)(H,22,24). The van der Waals surface area contributed by atoms with E-state index in [0.29, 0.717) is 23.4 Å². The number of rotatable bonds is 5. The van der Waals surface area contributed by atoms with Crippen LogP contribution >= 0.6 is 0 Å². The molecule has 0 radical (unpaired) electrons. The van der Waals surface area contributed by atoms with Crippen molar-refractivity contribution >= 4 is 17.5 Å². The van der Waals surface area contributed by atoms with E-state index in [0.717, 1.165) is 25.0 Å². The smallest absolute Gasteiger partial charge is 0.255 e. The predicted octanol–water partition coefficient (Wildman–Crippen LogP) is 3.16. The van der Waals surface area contributed by atoms with Gasteiger partial charge < -0.3 is 15.4 Å². The quantitative estimate of drug-likeness (QED) is 0.880. The Hall–Kier alpha value is -2.66. The van der Waals surface area contributed by atoms with E-state index in [2.05, 4.69) is 10.6 Å². The first-order valence-electron chi connectivity index (χ1n) is 8.50. The fraction of sp³-hybridized carbons (Fsp3) is 0.300. The molecular formula is C20H22N2O3. The van der Waals surface area contributed by atoms with Crippen LogP contribution in [0.25, 0.3) is 0 Å². The number of nitrogens with one attached hydrogen (secondary N) is 2. The number of amides is 2. The fourth-order valence-corrected chi connectivity index (χ4v) is 2.80. The molecular weight excluding hydrogens is 316 g/mol. The highest BCUT2D eigenvalue weighted by Gasteiger charge is 2.17. The maximum absolute atomic E-state index is 12.3. The Labute approximate surface area is 147 Å². The van der Waals surface area contributed by atoms with Gasteiger partial charge in [0, 0.05) is 30.0 Å². The molecule has 0 saturated carbocycles. The number of hydrogen-bond donors (Lipinski definition) is 2. The van der Waals surface area contributed by atoms with Crippen LogP contribution in [0.3, 0.4) is 0 Å². The first-order chi connectivity index (χ1) is 12.1. The number of aryl methyl sites for hydroxylation is 1. The minimum atomic E-state index is -0.194. The lowest BCUT2D eigenvalue weighted by atomic mass is 10.1. The Bertz CT molecular complexity index is 753. The molecule has 25 heavy (non-hydrogen) atoms. The molecule has 2 aromatic rings. The van der Waals surface area contributed by atoms with Crippen LogP contribution < -0.4 is 10.6 Å². The highest BCUT2D eigenvalue weighted by molar-refractivity contribution is 6.05. The Morgan fingerprint density at radius 1 is 1.08 bits per heavy atom. The molecule has 1 saturated heterocycles. The average Bonchev–Trinajstić information content (AvgIpc) is 3.16. The van der Waals surface area contributed by atoms with Gasteiger partial charge in [0.1, 0.15) is 0 Å². The van der Waals surface area contributed by atoms with E-state index in [-0.39, 0.29) is 17.9 Å². The highest BCUT2D eigenvalue weighted by atomic mass is 16.5. The summed E-state index contributed by atoms with van der Waals surface area (Å²) in [6, 6.07) is 14.3. The summed E-state index contributed by atoms with van der Waals surface area (Å²) < 4.78 is 5.51. The predicted molar refractivity (Wildman–Crippen MR) is 96.9 cm³/mol. The third-order valence-electron chi connectivity index (χ3n) is 4.30. The molecule has 5 heteroatoms. The number of hydrogen-bond acceptors (Lipinski definition) is 3. The average molecular weight is 338 g/mol. The Balaban J connectivity index is 1.67. The van der Waals surface area contributed by atoms with Crippen molar-refractivity contribution in [1.82, 2.24) is 5.32 Å². The number of benzene rings is 2. The van der Waals surface area contributed by atoms with E-state index < -0.39 is 0 Å². The summed E-state index contributed by atoms with van der Waals surface area (Å²) in [6.45, 7) is 3.17. The van der Waals surface area contributed by atoms with Crippen LogP contribution in [0, 0.1) is 6.92 Å². The molecule has 0 bridgehead atoms. The molecule has 5 nitrogen and oxygen atoms in total. The van der Waals surface area contributed by atoms with Crippen molar-refractivity contribution in [3.8, 4) is 0 Å². The van der Waals surface area contributed by atoms with Gasteiger partial charge in [0.15, 0.2) is 0 Å². The van der Waals surface area contributed by atoms with Crippen LogP contribution in [0.4, 0.5) is 5.69 Å². The van der Waals surface area contributed by atoms with Crippen molar-refractivity contribution in [2.75, 3.05) is 18.5 Å². The van der Waals surface area contributed by atoms with E-state index in [4.69, 9.17) is 4.74 Å². The number of anilines is 1. The zero-order valence-electron chi connectivity index (χ0n) is 14.2. The lowest BCUT2D eigenvalue weighted by molar-refractivity contribution is 0.0857. The van der Waals surface area contributed by atoms with Crippen molar-refractivity contribution in [1.29, 1.82) is 0 Å². The molecule has 0 aliphatic carbocycles. The minimum Gasteiger partial charge on any atom is -0.376 e. The normalized spacial score (nSPS) is 16.4. The lowest BCUT2D eigenvalue weighted by Crippen LogP contribution is -2.31. The molecule has 2 amide bonds. The first-order valence-corrected chi connectivity index (χ1v) is 8.50. The number of ether oxygens (including phenoxy) is 1. The first kappa shape index (κ1) is 17.2. The lowest BCUT2D eigenvalue weighted by Gasteiger charge is -2.13. The molecule has 1 fully saturated rings. The summed E-state index contributed by atoms with van der Waals surface area (Å²) in [4.78, 5) is 24.7. The van der Waals surface area contributed by atoms with Crippen molar-refractivity contribution in [3.63, 3.8) is 0 Å². The maximum atomic E-state index is 12.3. The SMILES string of the molecule is Cc1ccc(C(=O)NCC2CCCO2)cc1NC(=O)c1ccccc1. The molecule has 1 atom stereocenters. The van der Waals surface area contributed by atoms with Crippen LogP contribution in [0.1, 0.15) is 39.1 Å². The summed E-state index contributed by atoms with van der Waals surface area (Å²) in [7, 11) is 0. The molecule has 2 aromatic carbocycles. The number of carbonyl (C=O) groups excluding carboxylic acids is 2. The second-order valence-corrected chi connectivity index (χ2v) is 6.19. The second kappa shape index (κ2) is 7.94. The van der Waals surface area contributed by atoms with Crippen molar-refractivity contribution < 1.29 is 14.3 Å². The summed E-state index contributed by atoms with van der Waals surface area (Å²) >= 11 is 0. The highest BCUT2D eigenvalue weighted by Crippen LogP contribution is 2.18. The van der Waals surface area contributed by atoms with Crippen LogP contribution in [-0.2, 0) is 4.74 Å². The van der Waals surface area contributed by atoms with Gasteiger partial charge >= 0.3 is 0 Å². The molecule has 0 spiro atoms. The zero-order valence-corrected chi connectivity index (χ0v) is 14.2. The largest absolute Gasteiger partial charge is 0.376 e. The van der Waals surface area contributed by atoms with E-state index in [1.807, 2.05) is 31.2 Å². The fourth-order valence-electron chi connectivity index (χ4n) is 2.80. The van der Waals surface area contributed by atoms with E-state index in [1.54, 1.807) is 24.3 Å². The van der Waals surface area contributed by atoms with Gasteiger partial charge in [-0.05, 0) is 49.6 Å². The minimum absolute atomic E-state index is 0.103. The van der Waals surface area contributed by atoms with Gasteiger partial charge in [0.25, 0.3) is 11.8 Å². The van der Waals surface area contributed by atoms with Crippen molar-refractivity contribution in [3.05, 3.63) is 65.2 Å². The topological polar surface area (TPSA) is 67.4 Å². The molecule has 0 aromatic heterocycles. The molecule has 2 N–H and O–H groups in total. The molecule has 130 valence electrons. The van der Waals surface area contributed by atoms with Crippen molar-refractivity contribution in [2.45, 2.75) is 25.9 Å². The maximum Gasteiger partial charge on any atom is 0.255 e. The van der Waals surface area contributed by atoms with Gasteiger partial charge in [-0.2, -0.15) is 0 Å². The monoisotopic (exact) mass is 338 g/mol. The Morgan fingerprint density at radius 2 is 1.88 bits per heavy atom. The van der Waals surface area contributed by atoms with E-state index in [9.17, 15) is 9.59 Å². The molecule has 3 rings (SSSR count). The summed E-state index contributed by atoms with van der Waals surface area (Å²) in [5.74, 6) is -0.355. The second-order valence-electron chi connectivity index (χ2n) is 6.19. The van der Waals surface area contributed by atoms with Gasteiger partial charge in [-0.25, -0.2) is 0 Å². The molecule has 1 aliphatic heterocycles. The summed E-state index contributed by atoms with van der Waals surface area (Å²) in [5.41, 5.74) is 2.64. The van der Waals surface area contributed by atoms with Gasteiger partial charge in [-0.15, -0.1) is 0 Å². The van der Waals surface area contributed by atoms with Gasteiger partial charge in [0.2, 0.25) is 0 Å². The van der Waals surface area contributed by atoms with Gasteiger partial charge in [-0.1, -0.05) is 24.3 Å². The van der Waals surface area contributed by atoms with E-state index >= 15 is 0 Å². The molecule has 1 heterocycles. The third-order valence-corrected chi connectivity index (χ3v) is 4.30. The van der Waals surface area contributed by atoms with Crippen LogP contribution in [0.5, 0.6) is 0 Å². The Kier molecular flexibility index (Phi) is 5.46. The van der Waals surface area contributed by atoms with Crippen LogP contribution in [0.15, 0.2) is 48.5 Å². The van der Waals surface area contributed by atoms with Crippen LogP contribution in [0.2, 0.25) is 0 Å². The molecule has 1 aliphatic rings. The van der Waals surface area contributed by atoms with Gasteiger partial charge in [-0.3, -0.25) is 9.59 Å². The molecule has 1 unspecified atom stereocenters.